The summed E-state index contributed by atoms with van der Waals surface area (Å²) in [5, 5.41) is 10.8. The minimum absolute atomic E-state index is 0.105. The molecule has 2 amide bonds. The first-order valence-corrected chi connectivity index (χ1v) is 8.11. The number of ether oxygens (including phenoxy) is 1. The monoisotopic (exact) mass is 323 g/mol. The molecule has 0 aromatic carbocycles. The third-order valence-electron chi connectivity index (χ3n) is 4.09. The van der Waals surface area contributed by atoms with Crippen molar-refractivity contribution in [3.63, 3.8) is 0 Å². The molecular weight excluding hydrogens is 298 g/mol. The summed E-state index contributed by atoms with van der Waals surface area (Å²) < 4.78 is 6.76. The number of aryl methyl sites for hydroxylation is 1. The lowest BCUT2D eigenvalue weighted by Crippen LogP contribution is -2.45. The largest absolute Gasteiger partial charge is 0.466 e. The number of rotatable bonds is 6. The maximum atomic E-state index is 12.1. The van der Waals surface area contributed by atoms with E-state index in [1.165, 1.54) is 0 Å². The van der Waals surface area contributed by atoms with Crippen LogP contribution < -0.4 is 5.32 Å². The second kappa shape index (κ2) is 8.50. The number of hydrogen-bond donors (Lipinski definition) is 1. The molecular formula is C15H25N5O3. The third kappa shape index (κ3) is 5.22. The zero-order chi connectivity index (χ0) is 16.7. The van der Waals surface area contributed by atoms with Gasteiger partial charge in [-0.1, -0.05) is 0 Å². The van der Waals surface area contributed by atoms with Gasteiger partial charge in [0.15, 0.2) is 0 Å². The molecule has 1 fully saturated rings. The van der Waals surface area contributed by atoms with Crippen LogP contribution in [0.5, 0.6) is 0 Å². The van der Waals surface area contributed by atoms with Crippen LogP contribution in [0.1, 0.15) is 32.0 Å². The first-order valence-electron chi connectivity index (χ1n) is 8.11. The van der Waals surface area contributed by atoms with Gasteiger partial charge in [-0.25, -0.2) is 4.79 Å². The third-order valence-corrected chi connectivity index (χ3v) is 4.09. The number of aromatic nitrogens is 3. The Morgan fingerprint density at radius 3 is 2.74 bits per heavy atom. The van der Waals surface area contributed by atoms with E-state index in [1.54, 1.807) is 18.2 Å². The van der Waals surface area contributed by atoms with Gasteiger partial charge < -0.3 is 19.5 Å². The van der Waals surface area contributed by atoms with Crippen molar-refractivity contribution < 1.29 is 14.3 Å². The number of likely N-dealkylation sites (tertiary alicyclic amines) is 1. The molecule has 0 bridgehead atoms. The van der Waals surface area contributed by atoms with Crippen LogP contribution in [0, 0.1) is 5.92 Å². The molecule has 1 aromatic heterocycles. The predicted molar refractivity (Wildman–Crippen MR) is 83.7 cm³/mol. The fourth-order valence-electron chi connectivity index (χ4n) is 2.71. The summed E-state index contributed by atoms with van der Waals surface area (Å²) >= 11 is 0. The van der Waals surface area contributed by atoms with Crippen molar-refractivity contribution in [3.8, 4) is 0 Å². The van der Waals surface area contributed by atoms with Gasteiger partial charge in [-0.2, -0.15) is 0 Å². The molecule has 0 aliphatic carbocycles. The Labute approximate surface area is 136 Å². The highest BCUT2D eigenvalue weighted by Gasteiger charge is 2.23. The van der Waals surface area contributed by atoms with Crippen molar-refractivity contribution in [2.75, 3.05) is 26.2 Å². The highest BCUT2D eigenvalue weighted by atomic mass is 16.5. The Bertz CT molecular complexity index is 523. The van der Waals surface area contributed by atoms with Crippen molar-refractivity contribution in [2.45, 2.75) is 32.6 Å². The number of piperidine rings is 1. The topological polar surface area (TPSA) is 89.3 Å². The number of hydrogen-bond acceptors (Lipinski definition) is 5. The smallest absolute Gasteiger partial charge is 0.317 e. The quantitative estimate of drug-likeness (QED) is 0.780. The normalized spacial score (nSPS) is 15.5. The summed E-state index contributed by atoms with van der Waals surface area (Å²) in [4.78, 5) is 25.1. The van der Waals surface area contributed by atoms with Gasteiger partial charge in [-0.05, 0) is 25.7 Å². The maximum absolute atomic E-state index is 12.1. The number of carbonyl (C=O) groups is 2. The fourth-order valence-corrected chi connectivity index (χ4v) is 2.71. The first kappa shape index (κ1) is 17.2. The van der Waals surface area contributed by atoms with E-state index in [0.717, 1.165) is 38.2 Å². The molecule has 8 nitrogen and oxygen atoms in total. The second-order valence-electron chi connectivity index (χ2n) is 5.78. The van der Waals surface area contributed by atoms with Gasteiger partial charge in [0.05, 0.1) is 13.0 Å². The summed E-state index contributed by atoms with van der Waals surface area (Å²) in [6.07, 6.45) is 4.73. The molecule has 2 rings (SSSR count). The Morgan fingerprint density at radius 2 is 2.13 bits per heavy atom. The maximum Gasteiger partial charge on any atom is 0.317 e. The van der Waals surface area contributed by atoms with E-state index < -0.39 is 0 Å². The van der Waals surface area contributed by atoms with E-state index in [4.69, 9.17) is 4.74 Å². The summed E-state index contributed by atoms with van der Waals surface area (Å²) in [6.45, 7) is 3.91. The second-order valence-corrected chi connectivity index (χ2v) is 5.78. The molecule has 0 atom stereocenters. The van der Waals surface area contributed by atoms with E-state index in [1.807, 2.05) is 11.6 Å². The SMILES string of the molecule is CCOC(=O)CCNC(=O)N1CCC(Cc2nncn2C)CC1. The van der Waals surface area contributed by atoms with Crippen LogP contribution in [0.4, 0.5) is 4.79 Å². The molecule has 1 N–H and O–H groups in total. The van der Waals surface area contributed by atoms with Crippen LogP contribution in [0.2, 0.25) is 0 Å². The Hall–Kier alpha value is -2.12. The first-order chi connectivity index (χ1) is 11.1. The molecule has 0 unspecified atom stereocenters. The van der Waals surface area contributed by atoms with Crippen molar-refractivity contribution in [1.82, 2.24) is 25.0 Å². The number of nitrogens with zero attached hydrogens (tertiary/aromatic N) is 4. The average molecular weight is 323 g/mol. The minimum atomic E-state index is -0.282. The van der Waals surface area contributed by atoms with Crippen molar-refractivity contribution in [2.24, 2.45) is 13.0 Å². The van der Waals surface area contributed by atoms with Crippen LogP contribution >= 0.6 is 0 Å². The fraction of sp³-hybridized carbons (Fsp3) is 0.733. The highest BCUT2D eigenvalue weighted by Crippen LogP contribution is 2.20. The summed E-state index contributed by atoms with van der Waals surface area (Å²) in [5.41, 5.74) is 0. The molecule has 0 radical (unpaired) electrons. The number of esters is 1. The molecule has 23 heavy (non-hydrogen) atoms. The standard InChI is InChI=1S/C15H25N5O3/c1-3-23-14(21)4-7-16-15(22)20-8-5-12(6-9-20)10-13-18-17-11-19(13)2/h11-12H,3-10H2,1-2H3,(H,16,22). The summed E-state index contributed by atoms with van der Waals surface area (Å²) in [5.74, 6) is 1.24. The molecule has 1 aliphatic heterocycles. The molecule has 1 aliphatic rings. The van der Waals surface area contributed by atoms with Crippen LogP contribution in [-0.2, 0) is 23.0 Å². The zero-order valence-electron chi connectivity index (χ0n) is 13.8. The molecule has 1 aromatic rings. The van der Waals surface area contributed by atoms with E-state index in [-0.39, 0.29) is 18.4 Å². The number of carbonyl (C=O) groups excluding carboxylic acids is 2. The van der Waals surface area contributed by atoms with Crippen molar-refractivity contribution >= 4 is 12.0 Å². The van der Waals surface area contributed by atoms with Crippen LogP contribution in [-0.4, -0.2) is 57.9 Å². The van der Waals surface area contributed by atoms with Crippen LogP contribution in [0.3, 0.4) is 0 Å². The van der Waals surface area contributed by atoms with Crippen molar-refractivity contribution in [1.29, 1.82) is 0 Å². The van der Waals surface area contributed by atoms with Gasteiger partial charge in [0.25, 0.3) is 0 Å². The molecule has 1 saturated heterocycles. The zero-order valence-corrected chi connectivity index (χ0v) is 13.8. The van der Waals surface area contributed by atoms with Gasteiger partial charge in [-0.15, -0.1) is 10.2 Å². The van der Waals surface area contributed by atoms with Gasteiger partial charge in [0, 0.05) is 33.1 Å². The number of amides is 2. The van der Waals surface area contributed by atoms with Gasteiger partial charge >= 0.3 is 12.0 Å². The van der Waals surface area contributed by atoms with Gasteiger partial charge in [-0.3, -0.25) is 4.79 Å². The lowest BCUT2D eigenvalue weighted by atomic mass is 9.93. The van der Waals surface area contributed by atoms with Gasteiger partial charge in [0.2, 0.25) is 0 Å². The summed E-state index contributed by atoms with van der Waals surface area (Å²) in [6, 6.07) is -0.105. The average Bonchev–Trinajstić information content (AvgIpc) is 2.93. The molecule has 0 spiro atoms. The predicted octanol–water partition coefficient (Wildman–Crippen LogP) is 0.732. The Balaban J connectivity index is 1.66. The molecule has 0 saturated carbocycles. The highest BCUT2D eigenvalue weighted by molar-refractivity contribution is 5.75. The molecule has 128 valence electrons. The van der Waals surface area contributed by atoms with E-state index in [0.29, 0.717) is 19.1 Å². The van der Waals surface area contributed by atoms with Gasteiger partial charge in [0.1, 0.15) is 12.2 Å². The molecule has 2 heterocycles. The minimum Gasteiger partial charge on any atom is -0.466 e. The van der Waals surface area contributed by atoms with E-state index in [9.17, 15) is 9.59 Å². The van der Waals surface area contributed by atoms with Crippen LogP contribution in [0.25, 0.3) is 0 Å². The number of urea groups is 1. The molecule has 8 heteroatoms. The summed E-state index contributed by atoms with van der Waals surface area (Å²) in [7, 11) is 1.95. The van der Waals surface area contributed by atoms with E-state index in [2.05, 4.69) is 15.5 Å². The lowest BCUT2D eigenvalue weighted by molar-refractivity contribution is -0.142. The van der Waals surface area contributed by atoms with Crippen molar-refractivity contribution in [3.05, 3.63) is 12.2 Å². The Kier molecular flexibility index (Phi) is 6.37. The lowest BCUT2D eigenvalue weighted by Gasteiger charge is -2.31. The van der Waals surface area contributed by atoms with E-state index >= 15 is 0 Å². The Morgan fingerprint density at radius 1 is 1.39 bits per heavy atom. The number of nitrogens with one attached hydrogen (secondary N) is 1. The van der Waals surface area contributed by atoms with Crippen LogP contribution in [0.15, 0.2) is 6.33 Å².